The van der Waals surface area contributed by atoms with Gasteiger partial charge in [-0.05, 0) is 39.3 Å². The van der Waals surface area contributed by atoms with Gasteiger partial charge in [0.05, 0.1) is 42.8 Å². The average molecular weight is 701 g/mol. The SMILES string of the molecule is COc1c2c(c(O)c3c4c(c(C)cc13)C1C3OC5([C@H](C)OC)OC15[C@]1(CO1)[C@]3(O)O4)C(=O)[C@@H](O)C[C@@H]2OC1CC(C)(O)C(OC(C)=O)C(C)O1. The number of ketones is 1. The van der Waals surface area contributed by atoms with Crippen LogP contribution in [-0.2, 0) is 38.0 Å². The van der Waals surface area contributed by atoms with E-state index in [9.17, 15) is 30.0 Å². The van der Waals surface area contributed by atoms with Gasteiger partial charge in [0, 0.05) is 43.4 Å². The molecule has 0 amide bonds. The molecule has 15 nitrogen and oxygen atoms in total. The lowest BCUT2D eigenvalue weighted by Gasteiger charge is -2.45. The van der Waals surface area contributed by atoms with Crippen molar-refractivity contribution in [1.29, 1.82) is 0 Å². The highest BCUT2D eigenvalue weighted by molar-refractivity contribution is 6.13. The first-order valence-electron chi connectivity index (χ1n) is 16.8. The number of carbonyl (C=O) groups excluding carboxylic acids is 2. The summed E-state index contributed by atoms with van der Waals surface area (Å²) in [6.45, 7) is 8.22. The van der Waals surface area contributed by atoms with Crippen molar-refractivity contribution >= 4 is 22.5 Å². The van der Waals surface area contributed by atoms with E-state index in [0.29, 0.717) is 10.9 Å². The van der Waals surface area contributed by atoms with Crippen LogP contribution in [0.15, 0.2) is 6.07 Å². The third kappa shape index (κ3) is 3.56. The lowest BCUT2D eigenvalue weighted by molar-refractivity contribution is -0.289. The van der Waals surface area contributed by atoms with Gasteiger partial charge in [-0.15, -0.1) is 0 Å². The zero-order valence-electron chi connectivity index (χ0n) is 28.6. The highest BCUT2D eigenvalue weighted by Crippen LogP contribution is 2.84. The fourth-order valence-electron chi connectivity index (χ4n) is 9.97. The molecular formula is C35H40O15. The van der Waals surface area contributed by atoms with E-state index in [-0.39, 0.29) is 47.5 Å². The van der Waals surface area contributed by atoms with E-state index < -0.39 is 94.7 Å². The van der Waals surface area contributed by atoms with Gasteiger partial charge < -0.3 is 63.1 Å². The number of aryl methyl sites for hydroxylation is 1. The van der Waals surface area contributed by atoms with Crippen LogP contribution in [0.4, 0.5) is 0 Å². The highest BCUT2D eigenvalue weighted by Gasteiger charge is 3.06. The van der Waals surface area contributed by atoms with Crippen LogP contribution in [0.5, 0.6) is 17.2 Å². The Hall–Kier alpha value is -3.12. The molecule has 1 saturated carbocycles. The Morgan fingerprint density at radius 3 is 2.52 bits per heavy atom. The molecule has 9 rings (SSSR count). The molecule has 4 bridgehead atoms. The number of aliphatic hydroxyl groups excluding tert-OH is 1. The van der Waals surface area contributed by atoms with E-state index in [1.165, 1.54) is 21.0 Å². The second-order valence-corrected chi connectivity index (χ2v) is 14.9. The summed E-state index contributed by atoms with van der Waals surface area (Å²) in [6.07, 6.45) is -7.07. The number of esters is 1. The number of ether oxygens (including phenoxy) is 9. The van der Waals surface area contributed by atoms with Crippen molar-refractivity contribution in [3.63, 3.8) is 0 Å². The minimum Gasteiger partial charge on any atom is -0.506 e. The molecule has 7 aliphatic rings. The van der Waals surface area contributed by atoms with E-state index in [1.54, 1.807) is 20.1 Å². The Labute approximate surface area is 286 Å². The largest absolute Gasteiger partial charge is 0.506 e. The Balaban J connectivity index is 1.18. The number of phenols is 1. The minimum atomic E-state index is -2.00. The molecule has 13 atom stereocenters. The van der Waals surface area contributed by atoms with Gasteiger partial charge in [0.15, 0.2) is 29.4 Å². The first kappa shape index (κ1) is 32.8. The Morgan fingerprint density at radius 1 is 1.18 bits per heavy atom. The van der Waals surface area contributed by atoms with E-state index >= 15 is 0 Å². The van der Waals surface area contributed by atoms with Crippen molar-refractivity contribution < 1.29 is 72.6 Å². The number of methoxy groups -OCH3 is 2. The maximum absolute atomic E-state index is 13.8. The van der Waals surface area contributed by atoms with Crippen LogP contribution in [0.3, 0.4) is 0 Å². The van der Waals surface area contributed by atoms with Crippen molar-refractivity contribution in [2.24, 2.45) is 0 Å². The fraction of sp³-hybridized carbons (Fsp3) is 0.657. The third-order valence-electron chi connectivity index (χ3n) is 12.2. The van der Waals surface area contributed by atoms with Gasteiger partial charge in [0.2, 0.25) is 5.79 Å². The topological polar surface area (TPSA) is 205 Å². The van der Waals surface area contributed by atoms with Crippen LogP contribution < -0.4 is 9.47 Å². The van der Waals surface area contributed by atoms with E-state index in [2.05, 4.69) is 0 Å². The fourth-order valence-corrected chi connectivity index (χ4v) is 9.97. The maximum atomic E-state index is 13.8. The second kappa shape index (κ2) is 9.85. The predicted octanol–water partition coefficient (Wildman–Crippen LogP) is 1.53. The van der Waals surface area contributed by atoms with Crippen LogP contribution in [0.1, 0.15) is 79.6 Å². The molecule has 2 spiro atoms. The number of Topliss-reactive ketones (excluding diaryl/α,β-unsaturated/α-hetero) is 1. The molecule has 2 aromatic rings. The van der Waals surface area contributed by atoms with Crippen LogP contribution in [0.25, 0.3) is 10.8 Å². The molecule has 0 aromatic heterocycles. The van der Waals surface area contributed by atoms with Crippen molar-refractivity contribution in [2.75, 3.05) is 20.8 Å². The maximum Gasteiger partial charge on any atom is 0.303 e. The summed E-state index contributed by atoms with van der Waals surface area (Å²) in [6, 6.07) is 1.81. The van der Waals surface area contributed by atoms with Crippen molar-refractivity contribution in [2.45, 2.75) is 125 Å². The van der Waals surface area contributed by atoms with Crippen molar-refractivity contribution in [3.8, 4) is 17.2 Å². The standard InChI is InChI=1S/C35H40O15/c1-12-8-16-21(28-20(12)24-30-34(41,48-28)32(11-44-32)33(24)35(49-30,50-33)14(3)42-6)26(39)23-22(27(16)43-7)18(9-17(37)25(23)38)47-19-10-31(5,40)29(13(2)45-19)46-15(4)36/h8,13-14,17-19,24,29-30,37,39-41H,9-11H2,1-7H3/t13?,14-,17-,18-,19?,24?,29?,30?,31?,32+,33?,34+,35?/m0/s1. The Morgan fingerprint density at radius 2 is 1.90 bits per heavy atom. The van der Waals surface area contributed by atoms with Gasteiger partial charge >= 0.3 is 5.97 Å². The molecule has 270 valence electrons. The van der Waals surface area contributed by atoms with Gasteiger partial charge in [0.1, 0.15) is 41.2 Å². The summed E-state index contributed by atoms with van der Waals surface area (Å²) in [5.74, 6) is -5.27. The third-order valence-corrected chi connectivity index (χ3v) is 12.2. The van der Waals surface area contributed by atoms with E-state index in [0.717, 1.165) is 5.56 Å². The molecule has 2 aromatic carbocycles. The first-order chi connectivity index (χ1) is 23.5. The van der Waals surface area contributed by atoms with Gasteiger partial charge in [-0.3, -0.25) is 9.59 Å². The van der Waals surface area contributed by atoms with Crippen LogP contribution in [0, 0.1) is 6.92 Å². The number of fused-ring (bicyclic) bond motifs is 5. The van der Waals surface area contributed by atoms with Crippen molar-refractivity contribution in [1.82, 2.24) is 0 Å². The number of aliphatic hydroxyl groups is 3. The van der Waals surface area contributed by atoms with Crippen LogP contribution >= 0.6 is 0 Å². The summed E-state index contributed by atoms with van der Waals surface area (Å²) in [5.41, 5.74) is -2.64. The van der Waals surface area contributed by atoms with E-state index in [4.69, 9.17) is 42.6 Å². The molecule has 0 radical (unpaired) electrons. The summed E-state index contributed by atoms with van der Waals surface area (Å²) in [4.78, 5) is 25.5. The zero-order chi connectivity index (χ0) is 35.7. The van der Waals surface area contributed by atoms with Crippen molar-refractivity contribution in [3.05, 3.63) is 28.3 Å². The smallest absolute Gasteiger partial charge is 0.303 e. The first-order valence-corrected chi connectivity index (χ1v) is 16.8. The molecule has 2 aliphatic carbocycles. The molecular weight excluding hydrogens is 660 g/mol. The molecule has 8 unspecified atom stereocenters. The molecule has 5 aliphatic heterocycles. The molecule has 4 saturated heterocycles. The summed E-state index contributed by atoms with van der Waals surface area (Å²) in [5, 5.41) is 47.1. The number of epoxide rings is 2. The minimum absolute atomic E-state index is 0.0970. The molecule has 4 N–H and O–H groups in total. The highest BCUT2D eigenvalue weighted by atomic mass is 16.9. The van der Waals surface area contributed by atoms with E-state index in [1.807, 2.05) is 13.8 Å². The number of aromatic hydroxyl groups is 1. The van der Waals surface area contributed by atoms with Crippen LogP contribution in [0.2, 0.25) is 0 Å². The van der Waals surface area contributed by atoms with Crippen LogP contribution in [-0.4, -0.2) is 118 Å². The number of hydrogen-bond donors (Lipinski definition) is 4. The number of rotatable bonds is 6. The number of carbonyl (C=O) groups is 2. The second-order valence-electron chi connectivity index (χ2n) is 14.9. The number of hydrogen-bond acceptors (Lipinski definition) is 15. The summed E-state index contributed by atoms with van der Waals surface area (Å²) < 4.78 is 54.7. The zero-order valence-corrected chi connectivity index (χ0v) is 28.6. The Bertz CT molecular complexity index is 1890. The molecule has 50 heavy (non-hydrogen) atoms. The summed E-state index contributed by atoms with van der Waals surface area (Å²) >= 11 is 0. The molecule has 5 heterocycles. The number of benzene rings is 2. The average Bonchev–Trinajstić information content (AvgIpc) is 3.95. The predicted molar refractivity (Wildman–Crippen MR) is 166 cm³/mol. The quantitative estimate of drug-likeness (QED) is 0.249. The van der Waals surface area contributed by atoms with Gasteiger partial charge in [-0.2, -0.15) is 0 Å². The van der Waals surface area contributed by atoms with Gasteiger partial charge in [-0.1, -0.05) is 0 Å². The lowest BCUT2D eigenvalue weighted by atomic mass is 9.77. The van der Waals surface area contributed by atoms with Gasteiger partial charge in [-0.25, -0.2) is 0 Å². The van der Waals surface area contributed by atoms with Gasteiger partial charge in [0.25, 0.3) is 5.79 Å². The monoisotopic (exact) mass is 700 g/mol. The Kier molecular flexibility index (Phi) is 6.45. The molecule has 15 heteroatoms. The summed E-state index contributed by atoms with van der Waals surface area (Å²) in [7, 11) is 2.96. The molecule has 5 fully saturated rings. The number of phenolic OH excluding ortho intramolecular Hbond substituents is 1. The lowest BCUT2D eigenvalue weighted by Crippen LogP contribution is -2.64. The normalized spacial score (nSPS) is 45.1.